The highest BCUT2D eigenvalue weighted by Gasteiger charge is 2.47. The molecule has 2 atom stereocenters. The van der Waals surface area contributed by atoms with Gasteiger partial charge in [0.15, 0.2) is 0 Å². The summed E-state index contributed by atoms with van der Waals surface area (Å²) in [5, 5.41) is 28.9. The second-order valence-corrected chi connectivity index (χ2v) is 5.63. The molecule has 1 aliphatic rings. The minimum Gasteiger partial charge on any atom is -0.481 e. The first-order valence-electron chi connectivity index (χ1n) is 7.26. The Labute approximate surface area is 128 Å². The van der Waals surface area contributed by atoms with Gasteiger partial charge < -0.3 is 20.2 Å². The van der Waals surface area contributed by atoms with Crippen LogP contribution < -0.4 is 4.90 Å². The van der Waals surface area contributed by atoms with Crippen molar-refractivity contribution in [2.45, 2.75) is 32.3 Å². The fourth-order valence-electron chi connectivity index (χ4n) is 3.04. The van der Waals surface area contributed by atoms with E-state index < -0.39 is 23.5 Å². The van der Waals surface area contributed by atoms with Crippen LogP contribution >= 0.6 is 0 Å². The SMILES string of the molecule is CCC[C@]1(C(=O)O)CCN(c2ccnc(C(=O)O)c2)C[C@H]1O. The summed E-state index contributed by atoms with van der Waals surface area (Å²) in [7, 11) is 0. The molecule has 0 radical (unpaired) electrons. The number of aliphatic hydroxyl groups is 1. The number of nitrogens with zero attached hydrogens (tertiary/aromatic N) is 2. The Kier molecular flexibility index (Phi) is 4.65. The number of aromatic nitrogens is 1. The number of anilines is 1. The first-order valence-corrected chi connectivity index (χ1v) is 7.26. The lowest BCUT2D eigenvalue weighted by molar-refractivity contribution is -0.159. The lowest BCUT2D eigenvalue weighted by atomic mass is 9.72. The molecule has 120 valence electrons. The molecule has 22 heavy (non-hydrogen) atoms. The quantitative estimate of drug-likeness (QED) is 0.750. The Balaban J connectivity index is 2.20. The van der Waals surface area contributed by atoms with Crippen LogP contribution in [-0.2, 0) is 4.79 Å². The number of aliphatic carboxylic acids is 1. The van der Waals surface area contributed by atoms with Crippen LogP contribution in [-0.4, -0.2) is 51.4 Å². The van der Waals surface area contributed by atoms with E-state index in [-0.39, 0.29) is 12.2 Å². The molecular weight excluding hydrogens is 288 g/mol. The summed E-state index contributed by atoms with van der Waals surface area (Å²) < 4.78 is 0. The second kappa shape index (κ2) is 6.31. The highest BCUT2D eigenvalue weighted by Crippen LogP contribution is 2.38. The number of β-amino-alcohol motifs (C(OH)–C–C–N with tert-alkyl or cyclic N) is 1. The zero-order chi connectivity index (χ0) is 16.3. The number of rotatable bonds is 5. The third-order valence-electron chi connectivity index (χ3n) is 4.31. The lowest BCUT2D eigenvalue weighted by Gasteiger charge is -2.43. The van der Waals surface area contributed by atoms with Crippen molar-refractivity contribution in [3.8, 4) is 0 Å². The maximum absolute atomic E-state index is 11.6. The summed E-state index contributed by atoms with van der Waals surface area (Å²) in [6.45, 7) is 2.51. The normalized spacial score (nSPS) is 25.0. The molecule has 0 aromatic carbocycles. The van der Waals surface area contributed by atoms with Crippen LogP contribution in [0.3, 0.4) is 0 Å². The first kappa shape index (κ1) is 16.2. The van der Waals surface area contributed by atoms with Crippen LogP contribution in [0.4, 0.5) is 5.69 Å². The van der Waals surface area contributed by atoms with E-state index in [1.54, 1.807) is 11.0 Å². The predicted molar refractivity (Wildman–Crippen MR) is 79.0 cm³/mol. The van der Waals surface area contributed by atoms with Crippen LogP contribution in [0.2, 0.25) is 0 Å². The van der Waals surface area contributed by atoms with Gasteiger partial charge >= 0.3 is 11.9 Å². The fourth-order valence-corrected chi connectivity index (χ4v) is 3.04. The summed E-state index contributed by atoms with van der Waals surface area (Å²) >= 11 is 0. The third-order valence-corrected chi connectivity index (χ3v) is 4.31. The van der Waals surface area contributed by atoms with Crippen molar-refractivity contribution in [2.24, 2.45) is 5.41 Å². The fraction of sp³-hybridized carbons (Fsp3) is 0.533. The maximum Gasteiger partial charge on any atom is 0.354 e. The van der Waals surface area contributed by atoms with Gasteiger partial charge in [-0.15, -0.1) is 0 Å². The van der Waals surface area contributed by atoms with Gasteiger partial charge in [0.05, 0.1) is 11.5 Å². The molecule has 1 fully saturated rings. The van der Waals surface area contributed by atoms with E-state index in [2.05, 4.69) is 4.98 Å². The number of hydrogen-bond acceptors (Lipinski definition) is 5. The van der Waals surface area contributed by atoms with Crippen molar-refractivity contribution in [1.82, 2.24) is 4.98 Å². The second-order valence-electron chi connectivity index (χ2n) is 5.63. The Morgan fingerprint density at radius 3 is 2.73 bits per heavy atom. The number of carboxylic acid groups (broad SMARTS) is 2. The van der Waals surface area contributed by atoms with Gasteiger partial charge in [-0.05, 0) is 25.0 Å². The zero-order valence-corrected chi connectivity index (χ0v) is 12.4. The molecule has 3 N–H and O–H groups in total. The van der Waals surface area contributed by atoms with E-state index in [0.29, 0.717) is 31.5 Å². The number of aliphatic hydroxyl groups excluding tert-OH is 1. The number of carboxylic acids is 2. The van der Waals surface area contributed by atoms with Crippen molar-refractivity contribution in [2.75, 3.05) is 18.0 Å². The number of carbonyl (C=O) groups is 2. The van der Waals surface area contributed by atoms with Gasteiger partial charge in [-0.1, -0.05) is 13.3 Å². The highest BCUT2D eigenvalue weighted by atomic mass is 16.4. The van der Waals surface area contributed by atoms with Crippen LogP contribution in [0.15, 0.2) is 18.3 Å². The standard InChI is InChI=1S/C15H20N2O5/c1-2-4-15(14(21)22)5-7-17(9-12(15)18)10-3-6-16-11(8-10)13(19)20/h3,6,8,12,18H,2,4-5,7,9H2,1H3,(H,19,20)(H,21,22)/t12-,15+/m1/s1. The Hall–Kier alpha value is -2.15. The molecule has 2 rings (SSSR count). The van der Waals surface area contributed by atoms with Crippen LogP contribution in [0, 0.1) is 5.41 Å². The van der Waals surface area contributed by atoms with Crippen molar-refractivity contribution in [3.05, 3.63) is 24.0 Å². The number of pyridine rings is 1. The molecule has 0 aliphatic carbocycles. The minimum absolute atomic E-state index is 0.0735. The molecule has 0 saturated carbocycles. The molecule has 1 aliphatic heterocycles. The largest absolute Gasteiger partial charge is 0.481 e. The molecule has 0 unspecified atom stereocenters. The summed E-state index contributed by atoms with van der Waals surface area (Å²) in [6.07, 6.45) is 1.83. The molecule has 7 nitrogen and oxygen atoms in total. The lowest BCUT2D eigenvalue weighted by Crippen LogP contribution is -2.54. The van der Waals surface area contributed by atoms with Gasteiger partial charge in [-0.25, -0.2) is 9.78 Å². The van der Waals surface area contributed by atoms with E-state index in [4.69, 9.17) is 5.11 Å². The smallest absolute Gasteiger partial charge is 0.354 e. The minimum atomic E-state index is -1.12. The Morgan fingerprint density at radius 1 is 1.45 bits per heavy atom. The monoisotopic (exact) mass is 308 g/mol. The van der Waals surface area contributed by atoms with Crippen LogP contribution in [0.1, 0.15) is 36.7 Å². The van der Waals surface area contributed by atoms with Gasteiger partial charge in [-0.3, -0.25) is 4.79 Å². The first-order chi connectivity index (χ1) is 10.4. The van der Waals surface area contributed by atoms with E-state index in [9.17, 15) is 19.8 Å². The molecule has 1 saturated heterocycles. The average molecular weight is 308 g/mol. The van der Waals surface area contributed by atoms with E-state index in [0.717, 1.165) is 0 Å². The molecule has 0 spiro atoms. The molecular formula is C15H20N2O5. The molecule has 1 aromatic rings. The van der Waals surface area contributed by atoms with Gasteiger partial charge in [0, 0.05) is 25.0 Å². The zero-order valence-electron chi connectivity index (χ0n) is 12.4. The Morgan fingerprint density at radius 2 is 2.18 bits per heavy atom. The number of piperidine rings is 1. The van der Waals surface area contributed by atoms with Crippen molar-refractivity contribution in [3.63, 3.8) is 0 Å². The molecule has 7 heteroatoms. The predicted octanol–water partition coefficient (Wildman–Crippen LogP) is 1.22. The maximum atomic E-state index is 11.6. The Bertz CT molecular complexity index is 577. The molecule has 0 amide bonds. The summed E-state index contributed by atoms with van der Waals surface area (Å²) in [6, 6.07) is 3.09. The summed E-state index contributed by atoms with van der Waals surface area (Å²) in [4.78, 5) is 28.1. The highest BCUT2D eigenvalue weighted by molar-refractivity contribution is 5.86. The molecule has 1 aromatic heterocycles. The van der Waals surface area contributed by atoms with Gasteiger partial charge in [0.25, 0.3) is 0 Å². The van der Waals surface area contributed by atoms with E-state index >= 15 is 0 Å². The number of aromatic carboxylic acids is 1. The van der Waals surface area contributed by atoms with Crippen LogP contribution in [0.25, 0.3) is 0 Å². The summed E-state index contributed by atoms with van der Waals surface area (Å²) in [5.74, 6) is -2.09. The summed E-state index contributed by atoms with van der Waals surface area (Å²) in [5.41, 5.74) is -0.564. The van der Waals surface area contributed by atoms with Gasteiger partial charge in [0.2, 0.25) is 0 Å². The van der Waals surface area contributed by atoms with Crippen LogP contribution in [0.5, 0.6) is 0 Å². The van der Waals surface area contributed by atoms with Crippen molar-refractivity contribution in [1.29, 1.82) is 0 Å². The molecule has 0 bridgehead atoms. The van der Waals surface area contributed by atoms with Gasteiger partial charge in [0.1, 0.15) is 5.69 Å². The van der Waals surface area contributed by atoms with Gasteiger partial charge in [-0.2, -0.15) is 0 Å². The molecule has 2 heterocycles. The number of hydrogen-bond donors (Lipinski definition) is 3. The van der Waals surface area contributed by atoms with E-state index in [1.807, 2.05) is 6.92 Å². The third kappa shape index (κ3) is 2.89. The van der Waals surface area contributed by atoms with Crippen molar-refractivity contribution < 1.29 is 24.9 Å². The topological polar surface area (TPSA) is 111 Å². The van der Waals surface area contributed by atoms with Crippen molar-refractivity contribution >= 4 is 17.6 Å². The average Bonchev–Trinajstić information content (AvgIpc) is 2.49. The van der Waals surface area contributed by atoms with E-state index in [1.165, 1.54) is 12.3 Å².